The van der Waals surface area contributed by atoms with Gasteiger partial charge in [0, 0.05) is 54.7 Å². The minimum Gasteiger partial charge on any atom is -0.368 e. The van der Waals surface area contributed by atoms with Crippen LogP contribution in [0.4, 0.5) is 11.5 Å². The normalized spacial score (nSPS) is 14.7. The molecule has 0 atom stereocenters. The van der Waals surface area contributed by atoms with E-state index in [1.807, 2.05) is 43.0 Å². The maximum atomic E-state index is 12.8. The van der Waals surface area contributed by atoms with Crippen molar-refractivity contribution in [3.63, 3.8) is 0 Å². The first-order valence-electron chi connectivity index (χ1n) is 8.55. The van der Waals surface area contributed by atoms with Crippen LogP contribution in [0, 0.1) is 0 Å². The molecule has 0 spiro atoms. The fourth-order valence-electron chi connectivity index (χ4n) is 2.96. The summed E-state index contributed by atoms with van der Waals surface area (Å²) < 4.78 is 0. The zero-order valence-electron chi connectivity index (χ0n) is 14.6. The van der Waals surface area contributed by atoms with Crippen molar-refractivity contribution in [3.05, 3.63) is 53.2 Å². The molecule has 1 aromatic carbocycles. The van der Waals surface area contributed by atoms with Gasteiger partial charge in [0.1, 0.15) is 5.82 Å². The number of hydrogen-bond acceptors (Lipinski definition) is 4. The third-order valence-electron chi connectivity index (χ3n) is 4.18. The van der Waals surface area contributed by atoms with Crippen LogP contribution in [0.3, 0.4) is 0 Å². The second-order valence-corrected chi connectivity index (χ2v) is 6.92. The van der Waals surface area contributed by atoms with E-state index in [2.05, 4.69) is 21.3 Å². The average Bonchev–Trinajstić information content (AvgIpc) is 2.61. The van der Waals surface area contributed by atoms with Gasteiger partial charge in [-0.05, 0) is 44.2 Å². The van der Waals surface area contributed by atoms with Gasteiger partial charge in [0.15, 0.2) is 0 Å². The number of nitrogens with one attached hydrogen (secondary N) is 1. The minimum absolute atomic E-state index is 0.0555. The lowest BCUT2D eigenvalue weighted by Gasteiger charge is -2.36. The molecule has 1 fully saturated rings. The summed E-state index contributed by atoms with van der Waals surface area (Å²) in [6.07, 6.45) is 1.68. The number of hydrogen-bond donors (Lipinski definition) is 1. The van der Waals surface area contributed by atoms with Crippen LogP contribution in [-0.2, 0) is 0 Å². The molecule has 1 aliphatic heterocycles. The second kappa shape index (κ2) is 7.74. The molecule has 3 rings (SSSR count). The number of piperazine rings is 1. The summed E-state index contributed by atoms with van der Waals surface area (Å²) in [5.41, 5.74) is 1.78. The molecule has 1 amide bonds. The Kier molecular flexibility index (Phi) is 5.43. The molecule has 2 aromatic rings. The zero-order chi connectivity index (χ0) is 17.8. The van der Waals surface area contributed by atoms with Crippen molar-refractivity contribution in [1.82, 2.24) is 9.88 Å². The molecule has 25 heavy (non-hydrogen) atoms. The molecular formula is C19H23ClN4O. The summed E-state index contributed by atoms with van der Waals surface area (Å²) in [5, 5.41) is 3.97. The number of halogens is 1. The predicted octanol–water partition coefficient (Wildman–Crippen LogP) is 3.52. The SMILES string of the molecule is CC(C)Nc1cc(C(=O)N2CCN(c3cccc(Cl)c3)CC2)ccn1. The summed E-state index contributed by atoms with van der Waals surface area (Å²) in [4.78, 5) is 21.2. The highest BCUT2D eigenvalue weighted by Gasteiger charge is 2.22. The molecule has 1 saturated heterocycles. The van der Waals surface area contributed by atoms with Crippen molar-refractivity contribution < 1.29 is 4.79 Å². The van der Waals surface area contributed by atoms with Crippen LogP contribution in [-0.4, -0.2) is 48.0 Å². The van der Waals surface area contributed by atoms with Crippen LogP contribution >= 0.6 is 11.6 Å². The van der Waals surface area contributed by atoms with E-state index in [-0.39, 0.29) is 11.9 Å². The van der Waals surface area contributed by atoms with Crippen LogP contribution in [0.2, 0.25) is 5.02 Å². The summed E-state index contributed by atoms with van der Waals surface area (Å²) in [6, 6.07) is 11.7. The third-order valence-corrected chi connectivity index (χ3v) is 4.42. The zero-order valence-corrected chi connectivity index (χ0v) is 15.3. The maximum Gasteiger partial charge on any atom is 0.254 e. The summed E-state index contributed by atoms with van der Waals surface area (Å²) in [6.45, 7) is 7.08. The number of rotatable bonds is 4. The Morgan fingerprint density at radius 2 is 1.92 bits per heavy atom. The van der Waals surface area contributed by atoms with Crippen molar-refractivity contribution in [3.8, 4) is 0 Å². The molecule has 2 heterocycles. The second-order valence-electron chi connectivity index (χ2n) is 6.49. The molecular weight excluding hydrogens is 336 g/mol. The Bertz CT molecular complexity index is 742. The lowest BCUT2D eigenvalue weighted by Crippen LogP contribution is -2.48. The van der Waals surface area contributed by atoms with E-state index in [9.17, 15) is 4.79 Å². The minimum atomic E-state index is 0.0555. The highest BCUT2D eigenvalue weighted by atomic mass is 35.5. The molecule has 0 saturated carbocycles. The van der Waals surface area contributed by atoms with Gasteiger partial charge in [-0.15, -0.1) is 0 Å². The van der Waals surface area contributed by atoms with E-state index in [1.54, 1.807) is 12.3 Å². The quantitative estimate of drug-likeness (QED) is 0.908. The number of aromatic nitrogens is 1. The molecule has 5 nitrogen and oxygen atoms in total. The van der Waals surface area contributed by atoms with Gasteiger partial charge in [0.05, 0.1) is 0 Å². The maximum absolute atomic E-state index is 12.8. The topological polar surface area (TPSA) is 48.5 Å². The summed E-state index contributed by atoms with van der Waals surface area (Å²) in [7, 11) is 0. The predicted molar refractivity (Wildman–Crippen MR) is 103 cm³/mol. The van der Waals surface area contributed by atoms with Gasteiger partial charge >= 0.3 is 0 Å². The van der Waals surface area contributed by atoms with Crippen LogP contribution < -0.4 is 10.2 Å². The largest absolute Gasteiger partial charge is 0.368 e. The van der Waals surface area contributed by atoms with Crippen molar-refractivity contribution in [2.24, 2.45) is 0 Å². The Morgan fingerprint density at radius 3 is 2.60 bits per heavy atom. The number of benzene rings is 1. The van der Waals surface area contributed by atoms with Crippen molar-refractivity contribution in [2.75, 3.05) is 36.4 Å². The van der Waals surface area contributed by atoms with E-state index >= 15 is 0 Å². The number of carbonyl (C=O) groups is 1. The lowest BCUT2D eigenvalue weighted by molar-refractivity contribution is 0.0746. The van der Waals surface area contributed by atoms with E-state index < -0.39 is 0 Å². The standard InChI is InChI=1S/C19H23ClN4O/c1-14(2)22-18-12-15(6-7-21-18)19(25)24-10-8-23(9-11-24)17-5-3-4-16(20)13-17/h3-7,12-14H,8-11H2,1-2H3,(H,21,22). The van der Waals surface area contributed by atoms with E-state index in [1.165, 1.54) is 0 Å². The Morgan fingerprint density at radius 1 is 1.16 bits per heavy atom. The lowest BCUT2D eigenvalue weighted by atomic mass is 10.2. The Hall–Kier alpha value is -2.27. The van der Waals surface area contributed by atoms with Gasteiger partial charge in [0.2, 0.25) is 0 Å². The van der Waals surface area contributed by atoms with Crippen LogP contribution in [0.1, 0.15) is 24.2 Å². The summed E-state index contributed by atoms with van der Waals surface area (Å²) >= 11 is 6.07. The van der Waals surface area contributed by atoms with Crippen molar-refractivity contribution in [2.45, 2.75) is 19.9 Å². The number of nitrogens with zero attached hydrogens (tertiary/aromatic N) is 3. The van der Waals surface area contributed by atoms with E-state index in [4.69, 9.17) is 11.6 Å². The molecule has 0 radical (unpaired) electrons. The molecule has 0 bridgehead atoms. The number of pyridine rings is 1. The Balaban J connectivity index is 1.63. The molecule has 1 aromatic heterocycles. The van der Waals surface area contributed by atoms with Gasteiger partial charge in [-0.25, -0.2) is 4.98 Å². The molecule has 6 heteroatoms. The van der Waals surface area contributed by atoms with Gasteiger partial charge in [-0.1, -0.05) is 17.7 Å². The molecule has 1 N–H and O–H groups in total. The van der Waals surface area contributed by atoms with Crippen molar-refractivity contribution in [1.29, 1.82) is 0 Å². The van der Waals surface area contributed by atoms with Gasteiger partial charge < -0.3 is 15.1 Å². The van der Waals surface area contributed by atoms with Crippen LogP contribution in [0.5, 0.6) is 0 Å². The fraction of sp³-hybridized carbons (Fsp3) is 0.368. The number of amides is 1. The Labute approximate surface area is 153 Å². The molecule has 132 valence electrons. The van der Waals surface area contributed by atoms with Gasteiger partial charge in [0.25, 0.3) is 5.91 Å². The van der Waals surface area contributed by atoms with Crippen LogP contribution in [0.15, 0.2) is 42.6 Å². The van der Waals surface area contributed by atoms with E-state index in [0.29, 0.717) is 18.7 Å². The number of anilines is 2. The molecule has 0 aliphatic carbocycles. The first kappa shape index (κ1) is 17.5. The van der Waals surface area contributed by atoms with Gasteiger partial charge in [-0.2, -0.15) is 0 Å². The fourth-order valence-corrected chi connectivity index (χ4v) is 3.15. The highest BCUT2D eigenvalue weighted by Crippen LogP contribution is 2.21. The average molecular weight is 359 g/mol. The summed E-state index contributed by atoms with van der Waals surface area (Å²) in [5.74, 6) is 0.790. The monoisotopic (exact) mass is 358 g/mol. The first-order chi connectivity index (χ1) is 12.0. The van der Waals surface area contributed by atoms with Crippen LogP contribution in [0.25, 0.3) is 0 Å². The van der Waals surface area contributed by atoms with Gasteiger partial charge in [-0.3, -0.25) is 4.79 Å². The smallest absolute Gasteiger partial charge is 0.254 e. The molecule has 1 aliphatic rings. The first-order valence-corrected chi connectivity index (χ1v) is 8.93. The molecule has 0 unspecified atom stereocenters. The van der Waals surface area contributed by atoms with E-state index in [0.717, 1.165) is 29.6 Å². The third kappa shape index (κ3) is 4.42. The highest BCUT2D eigenvalue weighted by molar-refractivity contribution is 6.30. The van der Waals surface area contributed by atoms with Crippen molar-refractivity contribution >= 4 is 29.0 Å². The number of carbonyl (C=O) groups excluding carboxylic acids is 1.